The summed E-state index contributed by atoms with van der Waals surface area (Å²) >= 11 is 0. The van der Waals surface area contributed by atoms with Crippen molar-refractivity contribution in [1.82, 2.24) is 24.6 Å². The molecule has 2 heterocycles. The van der Waals surface area contributed by atoms with Crippen LogP contribution in [0.5, 0.6) is 0 Å². The van der Waals surface area contributed by atoms with Gasteiger partial charge in [0.05, 0.1) is 13.2 Å². The third kappa shape index (κ3) is 5.30. The van der Waals surface area contributed by atoms with Gasteiger partial charge in [0.15, 0.2) is 0 Å². The van der Waals surface area contributed by atoms with Gasteiger partial charge in [0.1, 0.15) is 12.4 Å². The molecule has 1 saturated heterocycles. The summed E-state index contributed by atoms with van der Waals surface area (Å²) < 4.78 is 8.22. The van der Waals surface area contributed by atoms with E-state index in [1.807, 2.05) is 30.3 Å². The second-order valence-electron chi connectivity index (χ2n) is 7.18. The van der Waals surface area contributed by atoms with E-state index in [0.29, 0.717) is 18.9 Å². The number of hydrogen-bond acceptors (Lipinski definition) is 5. The van der Waals surface area contributed by atoms with Gasteiger partial charge in [0.2, 0.25) is 5.91 Å². The quantitative estimate of drug-likeness (QED) is 0.711. The number of nitrogens with zero attached hydrogens (tertiary/aromatic N) is 4. The van der Waals surface area contributed by atoms with Crippen LogP contribution in [0, 0.1) is 6.92 Å². The van der Waals surface area contributed by atoms with Gasteiger partial charge in [0.25, 0.3) is 0 Å². The van der Waals surface area contributed by atoms with Crippen LogP contribution in [0.15, 0.2) is 35.1 Å². The first-order valence-electron chi connectivity index (χ1n) is 9.81. The molecule has 0 aliphatic carbocycles. The number of rotatable bonds is 8. The van der Waals surface area contributed by atoms with Crippen LogP contribution in [0.1, 0.15) is 18.3 Å². The summed E-state index contributed by atoms with van der Waals surface area (Å²) in [5.41, 5.74) is 0.918. The zero-order valence-corrected chi connectivity index (χ0v) is 16.6. The molecule has 0 radical (unpaired) electrons. The predicted octanol–water partition coefficient (Wildman–Crippen LogP) is 0.433. The van der Waals surface area contributed by atoms with Crippen LogP contribution >= 0.6 is 0 Å². The molecule has 0 bridgehead atoms. The lowest BCUT2D eigenvalue weighted by Crippen LogP contribution is -2.48. The van der Waals surface area contributed by atoms with Crippen LogP contribution in [-0.2, 0) is 29.0 Å². The molecule has 8 heteroatoms. The van der Waals surface area contributed by atoms with Crippen LogP contribution in [0.2, 0.25) is 0 Å². The van der Waals surface area contributed by atoms with Crippen LogP contribution in [0.4, 0.5) is 0 Å². The second kappa shape index (κ2) is 9.66. The molecule has 1 aliphatic heterocycles. The molecule has 0 spiro atoms. The molecule has 1 amide bonds. The van der Waals surface area contributed by atoms with E-state index in [9.17, 15) is 9.59 Å². The molecular formula is C20H29N5O3. The summed E-state index contributed by atoms with van der Waals surface area (Å²) in [5.74, 6) is 0.422. The van der Waals surface area contributed by atoms with E-state index < -0.39 is 0 Å². The average molecular weight is 387 g/mol. The van der Waals surface area contributed by atoms with Crippen LogP contribution < -0.4 is 11.0 Å². The Labute approximate surface area is 165 Å². The van der Waals surface area contributed by atoms with Crippen molar-refractivity contribution in [1.29, 1.82) is 0 Å². The molecule has 1 aliphatic rings. The third-order valence-corrected chi connectivity index (χ3v) is 5.13. The Bertz CT molecular complexity index is 824. The lowest BCUT2D eigenvalue weighted by molar-refractivity contribution is -0.122. The minimum Gasteiger partial charge on any atom is -0.379 e. The number of carbonyl (C=O) groups excluding carboxylic acids is 1. The van der Waals surface area contributed by atoms with E-state index in [1.54, 1.807) is 11.5 Å². The van der Waals surface area contributed by atoms with Crippen molar-refractivity contribution in [2.24, 2.45) is 0 Å². The highest BCUT2D eigenvalue weighted by Gasteiger charge is 2.18. The number of ether oxygens (including phenoxy) is 1. The second-order valence-corrected chi connectivity index (χ2v) is 7.18. The molecule has 2 aromatic rings. The lowest BCUT2D eigenvalue weighted by Gasteiger charge is -2.32. The number of hydrogen-bond donors (Lipinski definition) is 1. The zero-order chi connectivity index (χ0) is 19.9. The average Bonchev–Trinajstić information content (AvgIpc) is 2.98. The first kappa shape index (κ1) is 20.3. The van der Waals surface area contributed by atoms with E-state index in [-0.39, 0.29) is 24.2 Å². The molecule has 152 valence electrons. The standard InChI is InChI=1S/C20H29N5O3/c1-16(23-10-12-28-13-11-23)14-21-19(26)15-25-20(27)24(17(2)22-25)9-8-18-6-4-3-5-7-18/h3-7,16H,8-15H2,1-2H3,(H,21,26). The maximum atomic E-state index is 12.6. The summed E-state index contributed by atoms with van der Waals surface area (Å²) in [4.78, 5) is 27.2. The Hall–Kier alpha value is -2.45. The molecule has 1 aromatic carbocycles. The van der Waals surface area contributed by atoms with E-state index in [0.717, 1.165) is 38.3 Å². The van der Waals surface area contributed by atoms with E-state index in [4.69, 9.17) is 4.74 Å². The highest BCUT2D eigenvalue weighted by atomic mass is 16.5. The number of aryl methyl sites for hydroxylation is 2. The Kier molecular flexibility index (Phi) is 7.00. The summed E-state index contributed by atoms with van der Waals surface area (Å²) in [6.45, 7) is 8.12. The number of morpholine rings is 1. The van der Waals surface area contributed by atoms with E-state index >= 15 is 0 Å². The van der Waals surface area contributed by atoms with Crippen molar-refractivity contribution in [3.8, 4) is 0 Å². The summed E-state index contributed by atoms with van der Waals surface area (Å²) in [6, 6.07) is 10.2. The van der Waals surface area contributed by atoms with E-state index in [2.05, 4.69) is 22.2 Å². The first-order chi connectivity index (χ1) is 13.5. The summed E-state index contributed by atoms with van der Waals surface area (Å²) in [6.07, 6.45) is 0.747. The number of aromatic nitrogens is 3. The predicted molar refractivity (Wildman–Crippen MR) is 106 cm³/mol. The summed E-state index contributed by atoms with van der Waals surface area (Å²) in [5, 5.41) is 7.17. The number of carbonyl (C=O) groups is 1. The molecule has 1 aromatic heterocycles. The first-order valence-corrected chi connectivity index (χ1v) is 9.81. The number of nitrogens with one attached hydrogen (secondary N) is 1. The molecular weight excluding hydrogens is 358 g/mol. The van der Waals surface area contributed by atoms with Gasteiger partial charge in [0, 0.05) is 32.2 Å². The fourth-order valence-corrected chi connectivity index (χ4v) is 3.40. The largest absolute Gasteiger partial charge is 0.379 e. The molecule has 0 saturated carbocycles. The Morgan fingerprint density at radius 1 is 1.25 bits per heavy atom. The number of benzene rings is 1. The van der Waals surface area contributed by atoms with Gasteiger partial charge in [-0.3, -0.25) is 14.3 Å². The topological polar surface area (TPSA) is 81.4 Å². The SMILES string of the molecule is Cc1nn(CC(=O)NCC(C)N2CCOCC2)c(=O)n1CCc1ccccc1. The fraction of sp³-hybridized carbons (Fsp3) is 0.550. The van der Waals surface area contributed by atoms with Gasteiger partial charge in [-0.15, -0.1) is 0 Å². The van der Waals surface area contributed by atoms with Gasteiger partial charge in [-0.2, -0.15) is 5.10 Å². The monoisotopic (exact) mass is 387 g/mol. The van der Waals surface area contributed by atoms with Gasteiger partial charge in [-0.25, -0.2) is 9.48 Å². The molecule has 1 N–H and O–H groups in total. The Morgan fingerprint density at radius 2 is 1.96 bits per heavy atom. The van der Waals surface area contributed by atoms with Crippen molar-refractivity contribution in [3.63, 3.8) is 0 Å². The minimum atomic E-state index is -0.246. The van der Waals surface area contributed by atoms with Crippen molar-refractivity contribution in [2.75, 3.05) is 32.8 Å². The smallest absolute Gasteiger partial charge is 0.346 e. The van der Waals surface area contributed by atoms with Crippen LogP contribution in [0.25, 0.3) is 0 Å². The summed E-state index contributed by atoms with van der Waals surface area (Å²) in [7, 11) is 0. The van der Waals surface area contributed by atoms with E-state index in [1.165, 1.54) is 4.68 Å². The Morgan fingerprint density at radius 3 is 2.68 bits per heavy atom. The van der Waals surface area contributed by atoms with Gasteiger partial charge in [-0.05, 0) is 25.8 Å². The maximum Gasteiger partial charge on any atom is 0.346 e. The highest BCUT2D eigenvalue weighted by Crippen LogP contribution is 2.03. The molecule has 28 heavy (non-hydrogen) atoms. The van der Waals surface area contributed by atoms with Gasteiger partial charge < -0.3 is 10.1 Å². The normalized spacial score (nSPS) is 16.1. The van der Waals surface area contributed by atoms with Crippen LogP contribution in [-0.4, -0.2) is 64.0 Å². The molecule has 8 nitrogen and oxygen atoms in total. The highest BCUT2D eigenvalue weighted by molar-refractivity contribution is 5.75. The van der Waals surface area contributed by atoms with Crippen molar-refractivity contribution >= 4 is 5.91 Å². The van der Waals surface area contributed by atoms with Gasteiger partial charge >= 0.3 is 5.69 Å². The zero-order valence-electron chi connectivity index (χ0n) is 16.6. The molecule has 1 fully saturated rings. The van der Waals surface area contributed by atoms with Crippen molar-refractivity contribution in [3.05, 3.63) is 52.2 Å². The van der Waals surface area contributed by atoms with Gasteiger partial charge in [-0.1, -0.05) is 30.3 Å². The Balaban J connectivity index is 1.52. The fourth-order valence-electron chi connectivity index (χ4n) is 3.40. The van der Waals surface area contributed by atoms with Crippen molar-refractivity contribution < 1.29 is 9.53 Å². The van der Waals surface area contributed by atoms with Crippen molar-refractivity contribution in [2.45, 2.75) is 39.4 Å². The third-order valence-electron chi connectivity index (χ3n) is 5.13. The lowest BCUT2D eigenvalue weighted by atomic mass is 10.1. The minimum absolute atomic E-state index is 0.0617. The molecule has 1 unspecified atom stereocenters. The van der Waals surface area contributed by atoms with Crippen LogP contribution in [0.3, 0.4) is 0 Å². The molecule has 3 rings (SSSR count). The number of amides is 1. The maximum absolute atomic E-state index is 12.6. The molecule has 1 atom stereocenters.